The van der Waals surface area contributed by atoms with Crippen molar-refractivity contribution in [2.24, 2.45) is 0 Å². The fraction of sp³-hybridized carbons (Fsp3) is 0.250. The van der Waals surface area contributed by atoms with Crippen molar-refractivity contribution in [2.45, 2.75) is 18.7 Å². The molecule has 0 unspecified atom stereocenters. The van der Waals surface area contributed by atoms with E-state index >= 15 is 0 Å². The zero-order valence-corrected chi connectivity index (χ0v) is 15.4. The highest BCUT2D eigenvalue weighted by molar-refractivity contribution is 5.94. The van der Waals surface area contributed by atoms with E-state index in [1.54, 1.807) is 18.2 Å². The fourth-order valence-corrected chi connectivity index (χ4v) is 3.17. The van der Waals surface area contributed by atoms with Gasteiger partial charge in [-0.2, -0.15) is 18.2 Å². The first-order valence-corrected chi connectivity index (χ1v) is 9.03. The van der Waals surface area contributed by atoms with Gasteiger partial charge < -0.3 is 14.2 Å². The van der Waals surface area contributed by atoms with Crippen LogP contribution in [0.2, 0.25) is 0 Å². The quantitative estimate of drug-likeness (QED) is 0.591. The molecule has 1 atom stereocenters. The normalized spacial score (nSPS) is 16.7. The Hall–Kier alpha value is -3.43. The smallest absolute Gasteiger partial charge is 0.471 e. The zero-order valence-electron chi connectivity index (χ0n) is 15.4. The van der Waals surface area contributed by atoms with Crippen LogP contribution in [0.1, 0.15) is 22.7 Å². The van der Waals surface area contributed by atoms with Crippen molar-refractivity contribution in [2.75, 3.05) is 13.1 Å². The molecule has 0 bridgehead atoms. The second kappa shape index (κ2) is 7.77. The van der Waals surface area contributed by atoms with E-state index in [1.807, 2.05) is 0 Å². The Morgan fingerprint density at radius 2 is 1.97 bits per heavy atom. The zero-order chi connectivity index (χ0) is 21.3. The summed E-state index contributed by atoms with van der Waals surface area (Å²) in [6.07, 6.45) is -4.53. The number of likely N-dealkylation sites (tertiary alicyclic amines) is 1. The van der Waals surface area contributed by atoms with Gasteiger partial charge in [0.15, 0.2) is 0 Å². The van der Waals surface area contributed by atoms with Gasteiger partial charge in [-0.25, -0.2) is 4.39 Å². The molecule has 1 aliphatic rings. The van der Waals surface area contributed by atoms with Crippen LogP contribution < -0.4 is 4.74 Å². The van der Waals surface area contributed by atoms with E-state index in [-0.39, 0.29) is 24.0 Å². The Balaban J connectivity index is 1.43. The highest BCUT2D eigenvalue weighted by atomic mass is 19.4. The number of rotatable bonds is 4. The van der Waals surface area contributed by atoms with Crippen molar-refractivity contribution in [3.8, 4) is 17.1 Å². The molecule has 0 saturated carbocycles. The lowest BCUT2D eigenvalue weighted by atomic mass is 10.2. The van der Waals surface area contributed by atoms with E-state index in [1.165, 1.54) is 35.2 Å². The Kier molecular flexibility index (Phi) is 5.15. The van der Waals surface area contributed by atoms with Crippen LogP contribution in [0.3, 0.4) is 0 Å². The van der Waals surface area contributed by atoms with Crippen molar-refractivity contribution in [1.29, 1.82) is 0 Å². The monoisotopic (exact) mass is 421 g/mol. The van der Waals surface area contributed by atoms with Crippen LogP contribution in [-0.2, 0) is 6.18 Å². The Morgan fingerprint density at radius 3 is 2.70 bits per heavy atom. The number of nitrogens with zero attached hydrogens (tertiary/aromatic N) is 3. The summed E-state index contributed by atoms with van der Waals surface area (Å²) in [6, 6.07) is 12.0. The standard InChI is InChI=1S/C20H15F4N3O3/c21-16-7-2-1-6-15(16)18(28)27-9-8-14(11-27)29-13-5-3-4-12(10-13)17-25-19(30-26-17)20(22,23)24/h1-7,10,14H,8-9,11H2/t14-/m0/s1. The molecule has 3 aromatic rings. The number of carbonyl (C=O) groups is 1. The van der Waals surface area contributed by atoms with E-state index in [0.29, 0.717) is 24.3 Å². The molecular formula is C20H15F4N3O3. The van der Waals surface area contributed by atoms with Gasteiger partial charge >= 0.3 is 12.1 Å². The predicted octanol–water partition coefficient (Wildman–Crippen LogP) is 4.19. The topological polar surface area (TPSA) is 68.5 Å². The average Bonchev–Trinajstić information content (AvgIpc) is 3.38. The summed E-state index contributed by atoms with van der Waals surface area (Å²) in [6.45, 7) is 0.662. The number of hydrogen-bond donors (Lipinski definition) is 0. The number of hydrogen-bond acceptors (Lipinski definition) is 5. The van der Waals surface area contributed by atoms with Gasteiger partial charge in [-0.1, -0.05) is 29.4 Å². The summed E-state index contributed by atoms with van der Waals surface area (Å²) in [5.41, 5.74) is 0.293. The van der Waals surface area contributed by atoms with Crippen molar-refractivity contribution < 1.29 is 31.6 Å². The first kappa shape index (κ1) is 19.9. The minimum atomic E-state index is -4.72. The summed E-state index contributed by atoms with van der Waals surface area (Å²) < 4.78 is 61.9. The maximum Gasteiger partial charge on any atom is 0.471 e. The van der Waals surface area contributed by atoms with E-state index in [4.69, 9.17) is 4.74 Å². The molecule has 1 fully saturated rings. The van der Waals surface area contributed by atoms with Gasteiger partial charge in [0.25, 0.3) is 5.91 Å². The fourth-order valence-electron chi connectivity index (χ4n) is 3.17. The lowest BCUT2D eigenvalue weighted by Gasteiger charge is -2.18. The van der Waals surface area contributed by atoms with Gasteiger partial charge in [0.05, 0.1) is 12.1 Å². The molecule has 0 spiro atoms. The molecule has 1 amide bonds. The van der Waals surface area contributed by atoms with Gasteiger partial charge in [-0.15, -0.1) is 0 Å². The molecule has 30 heavy (non-hydrogen) atoms. The number of halogens is 4. The number of carbonyl (C=O) groups excluding carboxylic acids is 1. The molecule has 2 aromatic carbocycles. The minimum absolute atomic E-state index is 0.00211. The van der Waals surface area contributed by atoms with Crippen molar-refractivity contribution in [3.05, 3.63) is 65.8 Å². The molecule has 0 radical (unpaired) electrons. The SMILES string of the molecule is O=C(c1ccccc1F)N1CC[C@H](Oc2cccc(-c3noc(C(F)(F)F)n3)c2)C1. The largest absolute Gasteiger partial charge is 0.488 e. The Bertz CT molecular complexity index is 1070. The van der Waals surface area contributed by atoms with Gasteiger partial charge in [-0.05, 0) is 24.3 Å². The van der Waals surface area contributed by atoms with Crippen molar-refractivity contribution >= 4 is 5.91 Å². The molecule has 0 N–H and O–H groups in total. The molecule has 6 nitrogen and oxygen atoms in total. The van der Waals surface area contributed by atoms with Gasteiger partial charge in [0.2, 0.25) is 5.82 Å². The molecule has 2 heterocycles. The molecular weight excluding hydrogens is 406 g/mol. The lowest BCUT2D eigenvalue weighted by molar-refractivity contribution is -0.159. The van der Waals surface area contributed by atoms with Gasteiger partial charge in [0.1, 0.15) is 17.7 Å². The molecule has 0 aliphatic carbocycles. The highest BCUT2D eigenvalue weighted by Gasteiger charge is 2.38. The second-order valence-electron chi connectivity index (χ2n) is 6.71. The van der Waals surface area contributed by atoms with E-state index in [2.05, 4.69) is 14.7 Å². The summed E-state index contributed by atoms with van der Waals surface area (Å²) in [5, 5.41) is 3.35. The number of benzene rings is 2. The Morgan fingerprint density at radius 1 is 1.17 bits per heavy atom. The van der Waals surface area contributed by atoms with Crippen LogP contribution in [0.15, 0.2) is 53.1 Å². The molecule has 1 saturated heterocycles. The maximum atomic E-state index is 13.8. The van der Waals surface area contributed by atoms with Crippen LogP contribution >= 0.6 is 0 Å². The van der Waals surface area contributed by atoms with E-state index in [9.17, 15) is 22.4 Å². The first-order valence-electron chi connectivity index (χ1n) is 9.03. The minimum Gasteiger partial charge on any atom is -0.488 e. The molecule has 1 aromatic heterocycles. The van der Waals surface area contributed by atoms with E-state index < -0.39 is 23.8 Å². The third-order valence-electron chi connectivity index (χ3n) is 4.60. The Labute approximate surface area is 168 Å². The van der Waals surface area contributed by atoms with Crippen molar-refractivity contribution in [3.63, 3.8) is 0 Å². The number of aromatic nitrogens is 2. The predicted molar refractivity (Wildman–Crippen MR) is 96.1 cm³/mol. The van der Waals surface area contributed by atoms with Crippen LogP contribution in [0.25, 0.3) is 11.4 Å². The van der Waals surface area contributed by atoms with Crippen LogP contribution in [0.5, 0.6) is 5.75 Å². The summed E-state index contributed by atoms with van der Waals surface area (Å²) in [7, 11) is 0. The summed E-state index contributed by atoms with van der Waals surface area (Å²) in [4.78, 5) is 17.4. The lowest BCUT2D eigenvalue weighted by Crippen LogP contribution is -2.31. The third kappa shape index (κ3) is 4.12. The average molecular weight is 421 g/mol. The first-order chi connectivity index (χ1) is 14.3. The van der Waals surface area contributed by atoms with E-state index in [0.717, 1.165) is 0 Å². The second-order valence-corrected chi connectivity index (χ2v) is 6.71. The molecule has 10 heteroatoms. The van der Waals surface area contributed by atoms with Crippen LogP contribution in [0.4, 0.5) is 17.6 Å². The summed E-state index contributed by atoms with van der Waals surface area (Å²) in [5.74, 6) is -2.26. The maximum absolute atomic E-state index is 13.8. The third-order valence-corrected chi connectivity index (χ3v) is 4.60. The number of alkyl halides is 3. The van der Waals surface area contributed by atoms with Crippen molar-refractivity contribution in [1.82, 2.24) is 15.0 Å². The number of ether oxygens (including phenoxy) is 1. The molecule has 156 valence electrons. The highest BCUT2D eigenvalue weighted by Crippen LogP contribution is 2.30. The van der Waals surface area contributed by atoms with Gasteiger partial charge in [0, 0.05) is 18.5 Å². The van der Waals surface area contributed by atoms with Gasteiger partial charge in [-0.3, -0.25) is 4.79 Å². The molecule has 1 aliphatic heterocycles. The number of amides is 1. The van der Waals surface area contributed by atoms with Crippen LogP contribution in [0, 0.1) is 5.82 Å². The molecule has 4 rings (SSSR count). The summed E-state index contributed by atoms with van der Waals surface area (Å²) >= 11 is 0. The van der Waals surface area contributed by atoms with Crippen LogP contribution in [-0.4, -0.2) is 40.1 Å².